The second-order valence-corrected chi connectivity index (χ2v) is 9.28. The van der Waals surface area contributed by atoms with E-state index in [1.54, 1.807) is 42.5 Å². The number of anilines is 1. The molecular weight excluding hydrogens is 466 g/mol. The summed E-state index contributed by atoms with van der Waals surface area (Å²) in [7, 11) is -1.15. The molecule has 3 rings (SSSR count). The molecule has 0 N–H and O–H groups in total. The average Bonchev–Trinajstić information content (AvgIpc) is 2.83. The molecule has 3 aromatic carbocycles. The smallest absolute Gasteiger partial charge is 0.340 e. The van der Waals surface area contributed by atoms with Gasteiger partial charge in [0.25, 0.3) is 10.0 Å². The van der Waals surface area contributed by atoms with Crippen molar-refractivity contribution in [3.63, 3.8) is 0 Å². The largest absolute Gasteiger partial charge is 0.495 e. The van der Waals surface area contributed by atoms with Crippen molar-refractivity contribution in [3.05, 3.63) is 82.9 Å². The summed E-state index contributed by atoms with van der Waals surface area (Å²) in [6.45, 7) is 2.27. The predicted molar refractivity (Wildman–Crippen MR) is 127 cm³/mol. The van der Waals surface area contributed by atoms with Crippen molar-refractivity contribution in [2.45, 2.75) is 18.4 Å². The Labute approximate surface area is 198 Å². The summed E-state index contributed by atoms with van der Waals surface area (Å²) in [5.74, 6) is 0.252. The zero-order valence-electron chi connectivity index (χ0n) is 18.4. The molecule has 0 aliphatic rings. The number of ether oxygens (including phenoxy) is 3. The molecule has 9 heteroatoms. The molecule has 3 aromatic rings. The SMILES string of the molecule is CCOc1ccccc1COC(=O)c1cc(S(=O)(=O)N(C)c2ccccc2OC)ccc1Cl. The number of methoxy groups -OCH3 is 1. The lowest BCUT2D eigenvalue weighted by molar-refractivity contribution is 0.0469. The molecule has 174 valence electrons. The quantitative estimate of drug-likeness (QED) is 0.396. The van der Waals surface area contributed by atoms with Gasteiger partial charge in [0.05, 0.1) is 34.9 Å². The first-order chi connectivity index (χ1) is 15.8. The fraction of sp³-hybridized carbons (Fsp3) is 0.208. The lowest BCUT2D eigenvalue weighted by Crippen LogP contribution is -2.27. The fourth-order valence-electron chi connectivity index (χ4n) is 3.14. The van der Waals surface area contributed by atoms with Crippen LogP contribution in [-0.2, 0) is 21.4 Å². The number of hydrogen-bond acceptors (Lipinski definition) is 6. The van der Waals surface area contributed by atoms with Crippen LogP contribution in [0.1, 0.15) is 22.8 Å². The van der Waals surface area contributed by atoms with Gasteiger partial charge in [0.2, 0.25) is 0 Å². The maximum Gasteiger partial charge on any atom is 0.340 e. The molecule has 0 aliphatic heterocycles. The second kappa shape index (κ2) is 10.6. The molecule has 0 unspecified atom stereocenters. The first-order valence-electron chi connectivity index (χ1n) is 10.1. The van der Waals surface area contributed by atoms with Crippen molar-refractivity contribution in [2.24, 2.45) is 0 Å². The highest BCUT2D eigenvalue weighted by Gasteiger charge is 2.26. The van der Waals surface area contributed by atoms with E-state index in [9.17, 15) is 13.2 Å². The molecule has 7 nitrogen and oxygen atoms in total. The van der Waals surface area contributed by atoms with Crippen molar-refractivity contribution >= 4 is 33.3 Å². The zero-order valence-corrected chi connectivity index (χ0v) is 20.0. The Morgan fingerprint density at radius 3 is 2.36 bits per heavy atom. The molecule has 0 spiro atoms. The normalized spacial score (nSPS) is 11.0. The molecule has 0 saturated carbocycles. The first kappa shape index (κ1) is 24.4. The van der Waals surface area contributed by atoms with Gasteiger partial charge >= 0.3 is 5.97 Å². The zero-order chi connectivity index (χ0) is 24.0. The van der Waals surface area contributed by atoms with Gasteiger partial charge in [-0.15, -0.1) is 0 Å². The van der Waals surface area contributed by atoms with Gasteiger partial charge in [-0.25, -0.2) is 13.2 Å². The van der Waals surface area contributed by atoms with Crippen molar-refractivity contribution in [1.82, 2.24) is 0 Å². The molecule has 0 bridgehead atoms. The van der Waals surface area contributed by atoms with Crippen LogP contribution in [0.15, 0.2) is 71.6 Å². The van der Waals surface area contributed by atoms with E-state index in [0.717, 1.165) is 4.31 Å². The van der Waals surface area contributed by atoms with Crippen molar-refractivity contribution in [1.29, 1.82) is 0 Å². The number of carbonyl (C=O) groups excluding carboxylic acids is 1. The van der Waals surface area contributed by atoms with E-state index in [2.05, 4.69) is 0 Å². The highest BCUT2D eigenvalue weighted by molar-refractivity contribution is 7.92. The first-order valence-corrected chi connectivity index (χ1v) is 11.9. The molecule has 0 amide bonds. The number of para-hydroxylation sites is 3. The Hall–Kier alpha value is -3.23. The van der Waals surface area contributed by atoms with Gasteiger partial charge < -0.3 is 14.2 Å². The van der Waals surface area contributed by atoms with Crippen molar-refractivity contribution in [2.75, 3.05) is 25.1 Å². The number of esters is 1. The second-order valence-electron chi connectivity index (χ2n) is 6.90. The summed E-state index contributed by atoms with van der Waals surface area (Å²) in [5.41, 5.74) is 0.982. The van der Waals surface area contributed by atoms with Gasteiger partial charge in [-0.2, -0.15) is 0 Å². The number of sulfonamides is 1. The van der Waals surface area contributed by atoms with Gasteiger partial charge in [0, 0.05) is 12.6 Å². The van der Waals surface area contributed by atoms with Crippen LogP contribution in [0.5, 0.6) is 11.5 Å². The third-order valence-corrected chi connectivity index (χ3v) is 6.97. The lowest BCUT2D eigenvalue weighted by Gasteiger charge is -2.22. The van der Waals surface area contributed by atoms with Gasteiger partial charge in [-0.1, -0.05) is 41.9 Å². The summed E-state index contributed by atoms with van der Waals surface area (Å²) in [6, 6.07) is 17.8. The van der Waals surface area contributed by atoms with E-state index in [0.29, 0.717) is 29.4 Å². The van der Waals surface area contributed by atoms with Crippen LogP contribution >= 0.6 is 11.6 Å². The molecule has 0 aliphatic carbocycles. The number of rotatable bonds is 9. The number of halogens is 1. The monoisotopic (exact) mass is 489 g/mol. The maximum atomic E-state index is 13.2. The van der Waals surface area contributed by atoms with E-state index in [-0.39, 0.29) is 22.1 Å². The minimum atomic E-state index is -4.01. The van der Waals surface area contributed by atoms with Crippen molar-refractivity contribution in [3.8, 4) is 11.5 Å². The molecule has 0 heterocycles. The van der Waals surface area contributed by atoms with Crippen LogP contribution in [-0.4, -0.2) is 35.2 Å². The van der Waals surface area contributed by atoms with Crippen LogP contribution in [0.2, 0.25) is 5.02 Å². The molecule has 33 heavy (non-hydrogen) atoms. The average molecular weight is 490 g/mol. The van der Waals surface area contributed by atoms with E-state index in [4.69, 9.17) is 25.8 Å². The van der Waals surface area contributed by atoms with Gasteiger partial charge in [0.1, 0.15) is 18.1 Å². The third-order valence-electron chi connectivity index (χ3n) is 4.87. The Kier molecular flexibility index (Phi) is 7.84. The van der Waals surface area contributed by atoms with Crippen LogP contribution < -0.4 is 13.8 Å². The highest BCUT2D eigenvalue weighted by atomic mass is 35.5. The lowest BCUT2D eigenvalue weighted by atomic mass is 10.2. The van der Waals surface area contributed by atoms with Crippen LogP contribution in [0.4, 0.5) is 5.69 Å². The van der Waals surface area contributed by atoms with Crippen molar-refractivity contribution < 1.29 is 27.4 Å². The van der Waals surface area contributed by atoms with Gasteiger partial charge in [-0.3, -0.25) is 4.31 Å². The topological polar surface area (TPSA) is 82.1 Å². The minimum Gasteiger partial charge on any atom is -0.495 e. The maximum absolute atomic E-state index is 13.2. The van der Waals surface area contributed by atoms with E-state index in [1.807, 2.05) is 13.0 Å². The van der Waals surface area contributed by atoms with Gasteiger partial charge in [-0.05, 0) is 43.3 Å². The van der Waals surface area contributed by atoms with Crippen LogP contribution in [0.25, 0.3) is 0 Å². The Morgan fingerprint density at radius 1 is 1.00 bits per heavy atom. The number of nitrogens with zero attached hydrogens (tertiary/aromatic N) is 1. The summed E-state index contributed by atoms with van der Waals surface area (Å²) in [6.07, 6.45) is 0. The fourth-order valence-corrected chi connectivity index (χ4v) is 4.57. The highest BCUT2D eigenvalue weighted by Crippen LogP contribution is 2.32. The summed E-state index contributed by atoms with van der Waals surface area (Å²) in [5, 5.41) is 0.0805. The molecule has 0 saturated heterocycles. The molecular formula is C24H24ClNO6S. The number of carbonyl (C=O) groups is 1. The molecule has 0 aromatic heterocycles. The Balaban J connectivity index is 1.86. The minimum absolute atomic E-state index is 0.0522. The van der Waals surface area contributed by atoms with E-state index in [1.165, 1.54) is 32.4 Å². The van der Waals surface area contributed by atoms with Crippen LogP contribution in [0.3, 0.4) is 0 Å². The molecule has 0 radical (unpaired) electrons. The van der Waals surface area contributed by atoms with E-state index < -0.39 is 16.0 Å². The number of benzene rings is 3. The standard InChI is InChI=1S/C24H24ClNO6S/c1-4-31-22-11-7-5-9-17(22)16-32-24(27)19-15-18(13-14-20(19)25)33(28,29)26(2)21-10-6-8-12-23(21)30-3/h5-15H,4,16H2,1-3H3. The third kappa shape index (κ3) is 5.40. The van der Waals surface area contributed by atoms with Crippen LogP contribution in [0, 0.1) is 0 Å². The summed E-state index contributed by atoms with van der Waals surface area (Å²) < 4.78 is 43.8. The summed E-state index contributed by atoms with van der Waals surface area (Å²) >= 11 is 6.19. The Morgan fingerprint density at radius 2 is 1.67 bits per heavy atom. The Bertz CT molecular complexity index is 1250. The molecule has 0 atom stereocenters. The number of hydrogen-bond donors (Lipinski definition) is 0. The van der Waals surface area contributed by atoms with Gasteiger partial charge in [0.15, 0.2) is 0 Å². The predicted octanol–water partition coefficient (Wildman–Crippen LogP) is 4.93. The molecule has 0 fully saturated rings. The summed E-state index contributed by atoms with van der Waals surface area (Å²) in [4.78, 5) is 12.6. The van der Waals surface area contributed by atoms with E-state index >= 15 is 0 Å².